The number of benzene rings is 1. The van der Waals surface area contributed by atoms with E-state index < -0.39 is 0 Å². The van der Waals surface area contributed by atoms with Gasteiger partial charge in [0.15, 0.2) is 0 Å². The van der Waals surface area contributed by atoms with Gasteiger partial charge in [-0.05, 0) is 31.9 Å². The Morgan fingerprint density at radius 2 is 2.16 bits per heavy atom. The second kappa shape index (κ2) is 6.71. The van der Waals surface area contributed by atoms with Crippen molar-refractivity contribution in [3.63, 3.8) is 0 Å². The normalized spacial score (nSPS) is 27.9. The number of halogens is 1. The first-order valence-corrected chi connectivity index (χ1v) is 7.20. The molecule has 3 unspecified atom stereocenters. The fourth-order valence-electron chi connectivity index (χ4n) is 2.67. The molecule has 1 aliphatic rings. The third kappa shape index (κ3) is 3.29. The Labute approximate surface area is 120 Å². The number of methoxy groups -OCH3 is 1. The predicted molar refractivity (Wildman–Crippen MR) is 77.6 cm³/mol. The van der Waals surface area contributed by atoms with Gasteiger partial charge in [0.05, 0.1) is 12.2 Å². The minimum atomic E-state index is 0.130. The largest absolute Gasteiger partial charge is 0.377 e. The van der Waals surface area contributed by atoms with Crippen LogP contribution in [0, 0.1) is 0 Å². The highest BCUT2D eigenvalue weighted by Gasteiger charge is 2.42. The number of hydrogen-bond acceptors (Lipinski definition) is 3. The Bertz CT molecular complexity index is 413. The Balaban J connectivity index is 1.93. The van der Waals surface area contributed by atoms with Gasteiger partial charge in [-0.1, -0.05) is 29.8 Å². The lowest BCUT2D eigenvalue weighted by molar-refractivity contribution is -0.133. The highest BCUT2D eigenvalue weighted by molar-refractivity contribution is 6.31. The van der Waals surface area contributed by atoms with Crippen LogP contribution < -0.4 is 5.32 Å². The molecule has 1 fully saturated rings. The van der Waals surface area contributed by atoms with Crippen LogP contribution in [0.5, 0.6) is 0 Å². The van der Waals surface area contributed by atoms with Crippen LogP contribution >= 0.6 is 11.6 Å². The first-order valence-electron chi connectivity index (χ1n) is 6.82. The predicted octanol–water partition coefficient (Wildman–Crippen LogP) is 3.18. The molecule has 1 N–H and O–H groups in total. The van der Waals surface area contributed by atoms with Crippen molar-refractivity contribution in [1.29, 1.82) is 0 Å². The van der Waals surface area contributed by atoms with E-state index in [4.69, 9.17) is 21.1 Å². The van der Waals surface area contributed by atoms with Crippen LogP contribution in [0.25, 0.3) is 0 Å². The summed E-state index contributed by atoms with van der Waals surface area (Å²) in [5.74, 6) is 0. The van der Waals surface area contributed by atoms with E-state index in [1.165, 1.54) is 0 Å². The average molecular weight is 284 g/mol. The molecule has 4 atom stereocenters. The molecule has 0 spiro atoms. The molecule has 1 aromatic rings. The molecule has 4 heteroatoms. The van der Waals surface area contributed by atoms with Crippen LogP contribution in [-0.4, -0.2) is 32.0 Å². The summed E-state index contributed by atoms with van der Waals surface area (Å²) in [5, 5.41) is 4.38. The Hall–Kier alpha value is -0.610. The highest BCUT2D eigenvalue weighted by Crippen LogP contribution is 2.30. The first kappa shape index (κ1) is 14.8. The SMILES string of the molecule is CCOC1CC(N[C@H](C)c2ccccc2Cl)C1OC. The van der Waals surface area contributed by atoms with E-state index in [1.807, 2.05) is 25.1 Å². The molecular weight excluding hydrogens is 262 g/mol. The molecule has 3 nitrogen and oxygen atoms in total. The summed E-state index contributed by atoms with van der Waals surface area (Å²) in [6, 6.07) is 8.47. The molecule has 0 aromatic heterocycles. The fraction of sp³-hybridized carbons (Fsp3) is 0.600. The minimum absolute atomic E-state index is 0.130. The van der Waals surface area contributed by atoms with Gasteiger partial charge in [-0.25, -0.2) is 0 Å². The van der Waals surface area contributed by atoms with E-state index in [-0.39, 0.29) is 18.2 Å². The number of rotatable bonds is 6. The second-order valence-electron chi connectivity index (χ2n) is 4.95. The summed E-state index contributed by atoms with van der Waals surface area (Å²) in [4.78, 5) is 0. The lowest BCUT2D eigenvalue weighted by atomic mass is 9.84. The van der Waals surface area contributed by atoms with Crippen LogP contribution in [0.2, 0.25) is 5.02 Å². The fourth-order valence-corrected chi connectivity index (χ4v) is 2.97. The molecule has 0 saturated heterocycles. The summed E-state index contributed by atoms with van der Waals surface area (Å²) in [5.41, 5.74) is 1.12. The van der Waals surface area contributed by atoms with E-state index in [9.17, 15) is 0 Å². The molecule has 106 valence electrons. The van der Waals surface area contributed by atoms with Gasteiger partial charge >= 0.3 is 0 Å². The van der Waals surface area contributed by atoms with E-state index in [0.717, 1.165) is 23.6 Å². The van der Waals surface area contributed by atoms with Crippen LogP contribution in [0.4, 0.5) is 0 Å². The number of nitrogens with one attached hydrogen (secondary N) is 1. The second-order valence-corrected chi connectivity index (χ2v) is 5.35. The first-order chi connectivity index (χ1) is 9.17. The van der Waals surface area contributed by atoms with Gasteiger partial charge in [-0.2, -0.15) is 0 Å². The van der Waals surface area contributed by atoms with Crippen molar-refractivity contribution in [3.05, 3.63) is 34.9 Å². The lowest BCUT2D eigenvalue weighted by Crippen LogP contribution is -2.60. The molecule has 0 heterocycles. The van der Waals surface area contributed by atoms with Gasteiger partial charge in [-0.15, -0.1) is 0 Å². The maximum absolute atomic E-state index is 6.22. The van der Waals surface area contributed by atoms with Crippen molar-refractivity contribution >= 4 is 11.6 Å². The van der Waals surface area contributed by atoms with Crippen molar-refractivity contribution < 1.29 is 9.47 Å². The molecule has 1 saturated carbocycles. The Kier molecular flexibility index (Phi) is 5.22. The zero-order valence-electron chi connectivity index (χ0n) is 11.7. The Morgan fingerprint density at radius 3 is 2.79 bits per heavy atom. The lowest BCUT2D eigenvalue weighted by Gasteiger charge is -2.44. The monoisotopic (exact) mass is 283 g/mol. The highest BCUT2D eigenvalue weighted by atomic mass is 35.5. The van der Waals surface area contributed by atoms with Crippen molar-refractivity contribution in [3.8, 4) is 0 Å². The van der Waals surface area contributed by atoms with Gasteiger partial charge in [0, 0.05) is 30.8 Å². The van der Waals surface area contributed by atoms with Gasteiger partial charge in [-0.3, -0.25) is 0 Å². The van der Waals surface area contributed by atoms with Crippen LogP contribution in [-0.2, 0) is 9.47 Å². The van der Waals surface area contributed by atoms with E-state index in [1.54, 1.807) is 7.11 Å². The van der Waals surface area contributed by atoms with E-state index >= 15 is 0 Å². The third-order valence-corrected chi connectivity index (χ3v) is 4.08. The molecular formula is C15H22ClNO2. The standard InChI is InChI=1S/C15H22ClNO2/c1-4-19-14-9-13(15(14)18-3)17-10(2)11-7-5-6-8-12(11)16/h5-8,10,13-15,17H,4,9H2,1-3H3/t10-,13?,14?,15?/m1/s1. The van der Waals surface area contributed by atoms with E-state index in [0.29, 0.717) is 6.04 Å². The Morgan fingerprint density at radius 1 is 1.42 bits per heavy atom. The van der Waals surface area contributed by atoms with Crippen LogP contribution in [0.3, 0.4) is 0 Å². The molecule has 0 radical (unpaired) electrons. The van der Waals surface area contributed by atoms with Gasteiger partial charge in [0.2, 0.25) is 0 Å². The zero-order chi connectivity index (χ0) is 13.8. The molecule has 19 heavy (non-hydrogen) atoms. The summed E-state index contributed by atoms with van der Waals surface area (Å²) in [7, 11) is 1.74. The molecule has 0 amide bonds. The average Bonchev–Trinajstić information content (AvgIpc) is 2.38. The zero-order valence-corrected chi connectivity index (χ0v) is 12.5. The van der Waals surface area contributed by atoms with Crippen LogP contribution in [0.15, 0.2) is 24.3 Å². The number of ether oxygens (including phenoxy) is 2. The van der Waals surface area contributed by atoms with Crippen molar-refractivity contribution in [1.82, 2.24) is 5.32 Å². The molecule has 0 bridgehead atoms. The maximum Gasteiger partial charge on any atom is 0.0987 e. The molecule has 2 rings (SSSR count). The smallest absolute Gasteiger partial charge is 0.0987 e. The quantitative estimate of drug-likeness (QED) is 0.870. The summed E-state index contributed by atoms with van der Waals surface area (Å²) in [6.07, 6.45) is 1.33. The van der Waals surface area contributed by atoms with E-state index in [2.05, 4.69) is 18.3 Å². The van der Waals surface area contributed by atoms with Crippen molar-refractivity contribution in [2.45, 2.75) is 44.6 Å². The van der Waals surface area contributed by atoms with Gasteiger partial charge in [0.25, 0.3) is 0 Å². The molecule has 1 aromatic carbocycles. The third-order valence-electron chi connectivity index (χ3n) is 3.74. The summed E-state index contributed by atoms with van der Waals surface area (Å²) >= 11 is 6.22. The summed E-state index contributed by atoms with van der Waals surface area (Å²) in [6.45, 7) is 4.87. The van der Waals surface area contributed by atoms with Crippen LogP contribution in [0.1, 0.15) is 31.9 Å². The number of hydrogen-bond donors (Lipinski definition) is 1. The summed E-state index contributed by atoms with van der Waals surface area (Å²) < 4.78 is 11.1. The topological polar surface area (TPSA) is 30.5 Å². The molecule has 1 aliphatic carbocycles. The molecule has 0 aliphatic heterocycles. The van der Waals surface area contributed by atoms with Crippen molar-refractivity contribution in [2.24, 2.45) is 0 Å². The van der Waals surface area contributed by atoms with Gasteiger partial charge in [0.1, 0.15) is 0 Å². The van der Waals surface area contributed by atoms with Gasteiger partial charge < -0.3 is 14.8 Å². The minimum Gasteiger partial charge on any atom is -0.377 e. The maximum atomic E-state index is 6.22. The van der Waals surface area contributed by atoms with Crippen molar-refractivity contribution in [2.75, 3.05) is 13.7 Å².